The van der Waals surface area contributed by atoms with E-state index in [4.69, 9.17) is 17.3 Å². The Labute approximate surface area is 94.0 Å². The molecule has 82 valence electrons. The third kappa shape index (κ3) is 3.49. The van der Waals surface area contributed by atoms with E-state index in [2.05, 4.69) is 4.98 Å². The van der Waals surface area contributed by atoms with E-state index in [1.165, 1.54) is 0 Å². The number of carbonyl (C=O) groups is 1. The summed E-state index contributed by atoms with van der Waals surface area (Å²) >= 11 is 5.66. The van der Waals surface area contributed by atoms with Crippen LogP contribution in [0.1, 0.15) is 12.5 Å². The lowest BCUT2D eigenvalue weighted by atomic mass is 10.2. The summed E-state index contributed by atoms with van der Waals surface area (Å²) < 4.78 is 0. The van der Waals surface area contributed by atoms with Crippen LogP contribution in [0.4, 0.5) is 0 Å². The lowest BCUT2D eigenvalue weighted by molar-refractivity contribution is -0.122. The maximum atomic E-state index is 10.9. The first kappa shape index (κ1) is 11.9. The Kier molecular flexibility index (Phi) is 4.05. The van der Waals surface area contributed by atoms with Crippen molar-refractivity contribution in [2.75, 3.05) is 7.05 Å². The zero-order valence-corrected chi connectivity index (χ0v) is 9.53. The number of primary amides is 1. The van der Waals surface area contributed by atoms with Crippen LogP contribution in [0.25, 0.3) is 0 Å². The van der Waals surface area contributed by atoms with Gasteiger partial charge in [-0.15, -0.1) is 0 Å². The van der Waals surface area contributed by atoms with Crippen LogP contribution in [0, 0.1) is 0 Å². The zero-order chi connectivity index (χ0) is 11.4. The smallest absolute Gasteiger partial charge is 0.234 e. The fourth-order valence-corrected chi connectivity index (χ4v) is 1.25. The molecule has 1 atom stereocenters. The number of nitrogens with two attached hydrogens (primary N) is 1. The fraction of sp³-hybridized carbons (Fsp3) is 0.400. The molecule has 1 heterocycles. The number of rotatable bonds is 4. The Bertz CT molecular complexity index is 339. The number of carbonyl (C=O) groups excluding carboxylic acids is 1. The summed E-state index contributed by atoms with van der Waals surface area (Å²) in [5.41, 5.74) is 6.19. The molecule has 1 aromatic heterocycles. The molecule has 0 radical (unpaired) electrons. The van der Waals surface area contributed by atoms with Gasteiger partial charge in [0.05, 0.1) is 6.04 Å². The number of likely N-dealkylation sites (N-methyl/N-ethyl adjacent to an activating group) is 1. The fourth-order valence-electron chi connectivity index (χ4n) is 1.14. The minimum atomic E-state index is -0.334. The number of aromatic nitrogens is 1. The Morgan fingerprint density at radius 1 is 1.67 bits per heavy atom. The van der Waals surface area contributed by atoms with Gasteiger partial charge in [-0.05, 0) is 25.6 Å². The molecule has 2 N–H and O–H groups in total. The average molecular weight is 228 g/mol. The van der Waals surface area contributed by atoms with Gasteiger partial charge in [0, 0.05) is 12.7 Å². The van der Waals surface area contributed by atoms with Gasteiger partial charge in [-0.25, -0.2) is 4.98 Å². The lowest BCUT2D eigenvalue weighted by Crippen LogP contribution is -2.39. The molecule has 0 saturated heterocycles. The van der Waals surface area contributed by atoms with Crippen LogP contribution in [0.2, 0.25) is 5.15 Å². The predicted octanol–water partition coefficient (Wildman–Crippen LogP) is 1.04. The van der Waals surface area contributed by atoms with Gasteiger partial charge in [-0.1, -0.05) is 17.7 Å². The zero-order valence-electron chi connectivity index (χ0n) is 8.77. The number of halogens is 1. The van der Waals surface area contributed by atoms with Gasteiger partial charge in [-0.2, -0.15) is 0 Å². The maximum absolute atomic E-state index is 10.9. The Balaban J connectivity index is 2.62. The van der Waals surface area contributed by atoms with E-state index in [0.29, 0.717) is 11.7 Å². The van der Waals surface area contributed by atoms with Crippen LogP contribution in [-0.2, 0) is 11.3 Å². The summed E-state index contributed by atoms with van der Waals surface area (Å²) in [5, 5.41) is 0.462. The Morgan fingerprint density at radius 3 is 2.80 bits per heavy atom. The minimum Gasteiger partial charge on any atom is -0.368 e. The summed E-state index contributed by atoms with van der Waals surface area (Å²) in [6.45, 7) is 2.39. The number of nitrogens with zero attached hydrogens (tertiary/aromatic N) is 2. The molecule has 0 aromatic carbocycles. The van der Waals surface area contributed by atoms with E-state index in [1.54, 1.807) is 19.2 Å². The number of pyridine rings is 1. The first-order valence-corrected chi connectivity index (χ1v) is 4.98. The van der Waals surface area contributed by atoms with Crippen LogP contribution in [-0.4, -0.2) is 28.9 Å². The molecule has 5 heteroatoms. The summed E-state index contributed by atoms with van der Waals surface area (Å²) in [6, 6.07) is 3.31. The quantitative estimate of drug-likeness (QED) is 0.782. The highest BCUT2D eigenvalue weighted by Gasteiger charge is 2.14. The van der Waals surface area contributed by atoms with Crippen LogP contribution < -0.4 is 5.73 Å². The van der Waals surface area contributed by atoms with Crippen molar-refractivity contribution >= 4 is 17.5 Å². The van der Waals surface area contributed by atoms with Gasteiger partial charge < -0.3 is 5.73 Å². The third-order valence-electron chi connectivity index (χ3n) is 2.29. The van der Waals surface area contributed by atoms with Crippen molar-refractivity contribution in [3.63, 3.8) is 0 Å². The molecule has 4 nitrogen and oxygen atoms in total. The van der Waals surface area contributed by atoms with Gasteiger partial charge in [0.25, 0.3) is 0 Å². The molecule has 0 saturated carbocycles. The third-order valence-corrected chi connectivity index (χ3v) is 2.52. The second-order valence-electron chi connectivity index (χ2n) is 3.48. The normalized spacial score (nSPS) is 12.8. The minimum absolute atomic E-state index is 0.291. The van der Waals surface area contributed by atoms with Gasteiger partial charge in [0.1, 0.15) is 5.15 Å². The molecule has 1 rings (SSSR count). The molecule has 15 heavy (non-hydrogen) atoms. The van der Waals surface area contributed by atoms with Crippen molar-refractivity contribution in [3.8, 4) is 0 Å². The lowest BCUT2D eigenvalue weighted by Gasteiger charge is -2.21. The number of amides is 1. The summed E-state index contributed by atoms with van der Waals surface area (Å²) in [6.07, 6.45) is 1.69. The van der Waals surface area contributed by atoms with Crippen molar-refractivity contribution < 1.29 is 4.79 Å². The van der Waals surface area contributed by atoms with Crippen molar-refractivity contribution in [3.05, 3.63) is 29.0 Å². The molecule has 0 spiro atoms. The molecule has 1 aromatic rings. The highest BCUT2D eigenvalue weighted by atomic mass is 35.5. The average Bonchev–Trinajstić information content (AvgIpc) is 2.20. The molecular weight excluding hydrogens is 214 g/mol. The summed E-state index contributed by atoms with van der Waals surface area (Å²) in [7, 11) is 1.84. The molecule has 0 aliphatic rings. The molecule has 1 amide bonds. The first-order chi connectivity index (χ1) is 7.00. The predicted molar refractivity (Wildman–Crippen MR) is 59.4 cm³/mol. The van der Waals surface area contributed by atoms with Crippen molar-refractivity contribution in [1.82, 2.24) is 9.88 Å². The molecule has 0 aliphatic carbocycles. The van der Waals surface area contributed by atoms with E-state index in [-0.39, 0.29) is 11.9 Å². The Morgan fingerprint density at radius 2 is 2.33 bits per heavy atom. The van der Waals surface area contributed by atoms with Crippen LogP contribution in [0.3, 0.4) is 0 Å². The second kappa shape index (κ2) is 5.09. The van der Waals surface area contributed by atoms with Crippen LogP contribution >= 0.6 is 11.6 Å². The topological polar surface area (TPSA) is 59.2 Å². The second-order valence-corrected chi connectivity index (χ2v) is 3.87. The van der Waals surface area contributed by atoms with Crippen LogP contribution in [0.5, 0.6) is 0 Å². The molecule has 0 unspecified atom stereocenters. The van der Waals surface area contributed by atoms with Crippen molar-refractivity contribution in [1.29, 1.82) is 0 Å². The first-order valence-electron chi connectivity index (χ1n) is 4.60. The van der Waals surface area contributed by atoms with E-state index in [0.717, 1.165) is 5.56 Å². The Hall–Kier alpha value is -1.13. The molecule has 0 bridgehead atoms. The monoisotopic (exact) mass is 227 g/mol. The van der Waals surface area contributed by atoms with Crippen LogP contribution in [0.15, 0.2) is 18.3 Å². The van der Waals surface area contributed by atoms with Crippen molar-refractivity contribution in [2.45, 2.75) is 19.5 Å². The van der Waals surface area contributed by atoms with Gasteiger partial charge in [0.15, 0.2) is 0 Å². The van der Waals surface area contributed by atoms with E-state index < -0.39 is 0 Å². The molecular formula is C10H14ClN3O. The standard InChI is InChI=1S/C10H14ClN3O/c1-7(10(12)15)14(2)6-8-3-4-9(11)13-5-8/h3-5,7H,6H2,1-2H3,(H2,12,15)/t7-/m0/s1. The van der Waals surface area contributed by atoms with Gasteiger partial charge in [0.2, 0.25) is 5.91 Å². The highest BCUT2D eigenvalue weighted by Crippen LogP contribution is 2.08. The van der Waals surface area contributed by atoms with Gasteiger partial charge >= 0.3 is 0 Å². The van der Waals surface area contributed by atoms with Crippen molar-refractivity contribution in [2.24, 2.45) is 5.73 Å². The van der Waals surface area contributed by atoms with E-state index in [9.17, 15) is 4.79 Å². The highest BCUT2D eigenvalue weighted by molar-refractivity contribution is 6.29. The van der Waals surface area contributed by atoms with E-state index in [1.807, 2.05) is 18.0 Å². The largest absolute Gasteiger partial charge is 0.368 e. The molecule has 0 aliphatic heterocycles. The maximum Gasteiger partial charge on any atom is 0.234 e. The summed E-state index contributed by atoms with van der Waals surface area (Å²) in [4.78, 5) is 16.7. The van der Waals surface area contributed by atoms with E-state index >= 15 is 0 Å². The number of hydrogen-bond donors (Lipinski definition) is 1. The SMILES string of the molecule is C[C@@H](C(N)=O)N(C)Cc1ccc(Cl)nc1. The molecule has 0 fully saturated rings. The van der Waals surface area contributed by atoms with Gasteiger partial charge in [-0.3, -0.25) is 9.69 Å². The number of hydrogen-bond acceptors (Lipinski definition) is 3. The summed E-state index contributed by atoms with van der Waals surface area (Å²) in [5.74, 6) is -0.334.